The Balaban J connectivity index is 2.54. The Kier molecular flexibility index (Phi) is 2.96. The molecule has 0 aliphatic heterocycles. The van der Waals surface area contributed by atoms with Gasteiger partial charge in [0.2, 0.25) is 0 Å². The first-order chi connectivity index (χ1) is 7.74. The van der Waals surface area contributed by atoms with Gasteiger partial charge in [-0.05, 0) is 19.9 Å². The molecule has 2 aromatic rings. The summed E-state index contributed by atoms with van der Waals surface area (Å²) < 4.78 is 1.86. The van der Waals surface area contributed by atoms with E-state index in [4.69, 9.17) is 0 Å². The molecule has 2 heterocycles. The molecule has 0 aliphatic rings. The van der Waals surface area contributed by atoms with Crippen LogP contribution in [0.15, 0.2) is 24.7 Å². The van der Waals surface area contributed by atoms with Crippen LogP contribution in [0.4, 0.5) is 0 Å². The van der Waals surface area contributed by atoms with Crippen LogP contribution in [0.5, 0.6) is 0 Å². The van der Waals surface area contributed by atoms with Crippen LogP contribution in [0.25, 0.3) is 11.4 Å². The average Bonchev–Trinajstić information content (AvgIpc) is 2.77. The Morgan fingerprint density at radius 3 is 2.69 bits per heavy atom. The van der Waals surface area contributed by atoms with Crippen LogP contribution in [0.3, 0.4) is 0 Å². The first-order valence-corrected chi connectivity index (χ1v) is 5.18. The molecular formula is C11H14N4O. The van der Waals surface area contributed by atoms with E-state index < -0.39 is 0 Å². The van der Waals surface area contributed by atoms with E-state index in [1.807, 2.05) is 24.6 Å². The van der Waals surface area contributed by atoms with Crippen LogP contribution in [0, 0.1) is 0 Å². The van der Waals surface area contributed by atoms with E-state index in [1.165, 1.54) is 0 Å². The molecule has 0 bridgehead atoms. The lowest BCUT2D eigenvalue weighted by Crippen LogP contribution is -2.07. The average molecular weight is 218 g/mol. The number of aromatic nitrogens is 4. The van der Waals surface area contributed by atoms with Crippen LogP contribution < -0.4 is 0 Å². The maximum atomic E-state index is 9.21. The highest BCUT2D eigenvalue weighted by atomic mass is 16.3. The highest BCUT2D eigenvalue weighted by Crippen LogP contribution is 2.21. The van der Waals surface area contributed by atoms with Crippen molar-refractivity contribution in [3.63, 3.8) is 0 Å². The molecule has 2 aromatic heterocycles. The van der Waals surface area contributed by atoms with Gasteiger partial charge in [0.25, 0.3) is 0 Å². The zero-order chi connectivity index (χ0) is 11.5. The quantitative estimate of drug-likeness (QED) is 0.846. The summed E-state index contributed by atoms with van der Waals surface area (Å²) in [6.45, 7) is 3.98. The van der Waals surface area contributed by atoms with Gasteiger partial charge in [0.15, 0.2) is 0 Å². The summed E-state index contributed by atoms with van der Waals surface area (Å²) in [4.78, 5) is 8.35. The van der Waals surface area contributed by atoms with Crippen molar-refractivity contribution in [1.29, 1.82) is 0 Å². The van der Waals surface area contributed by atoms with Crippen LogP contribution in [-0.2, 0) is 6.61 Å². The normalized spacial score (nSPS) is 11.0. The highest BCUT2D eigenvalue weighted by molar-refractivity contribution is 5.56. The van der Waals surface area contributed by atoms with Gasteiger partial charge in [-0.2, -0.15) is 5.10 Å². The third-order valence-electron chi connectivity index (χ3n) is 2.33. The number of rotatable bonds is 3. The molecule has 0 radical (unpaired) electrons. The van der Waals surface area contributed by atoms with E-state index >= 15 is 0 Å². The number of aliphatic hydroxyl groups excluding tert-OH is 1. The fourth-order valence-corrected chi connectivity index (χ4v) is 1.61. The van der Waals surface area contributed by atoms with Gasteiger partial charge >= 0.3 is 0 Å². The molecular weight excluding hydrogens is 204 g/mol. The van der Waals surface area contributed by atoms with E-state index in [0.29, 0.717) is 11.4 Å². The van der Waals surface area contributed by atoms with Crippen molar-refractivity contribution >= 4 is 0 Å². The molecule has 0 saturated heterocycles. The van der Waals surface area contributed by atoms with Gasteiger partial charge in [0.05, 0.1) is 18.0 Å². The summed E-state index contributed by atoms with van der Waals surface area (Å²) in [5.41, 5.74) is 2.15. The third kappa shape index (κ3) is 1.81. The van der Waals surface area contributed by atoms with E-state index in [2.05, 4.69) is 15.1 Å². The molecule has 0 amide bonds. The van der Waals surface area contributed by atoms with Crippen molar-refractivity contribution in [1.82, 2.24) is 19.7 Å². The smallest absolute Gasteiger partial charge is 0.112 e. The molecule has 0 aliphatic carbocycles. The minimum Gasteiger partial charge on any atom is -0.390 e. The van der Waals surface area contributed by atoms with Crippen molar-refractivity contribution in [2.45, 2.75) is 26.5 Å². The second kappa shape index (κ2) is 4.40. The standard InChI is InChI=1S/C11H14N4O/c1-8(2)15-10(3-4-14-15)11-9(7-16)12-5-6-13-11/h3-6,8,16H,7H2,1-2H3. The van der Waals surface area contributed by atoms with Crippen LogP contribution in [0.2, 0.25) is 0 Å². The zero-order valence-electron chi connectivity index (χ0n) is 9.33. The van der Waals surface area contributed by atoms with Crippen molar-refractivity contribution < 1.29 is 5.11 Å². The van der Waals surface area contributed by atoms with E-state index in [-0.39, 0.29) is 12.6 Å². The van der Waals surface area contributed by atoms with Gasteiger partial charge < -0.3 is 5.11 Å². The van der Waals surface area contributed by atoms with Crippen LogP contribution in [0.1, 0.15) is 25.6 Å². The molecule has 0 saturated carbocycles. The Morgan fingerprint density at radius 2 is 2.00 bits per heavy atom. The Hall–Kier alpha value is -1.75. The summed E-state index contributed by atoms with van der Waals surface area (Å²) in [5.74, 6) is 0. The lowest BCUT2D eigenvalue weighted by molar-refractivity contribution is 0.277. The van der Waals surface area contributed by atoms with Crippen LogP contribution in [-0.4, -0.2) is 24.9 Å². The molecule has 84 valence electrons. The second-order valence-corrected chi connectivity index (χ2v) is 3.76. The van der Waals surface area contributed by atoms with Crippen molar-refractivity contribution in [2.24, 2.45) is 0 Å². The number of hydrogen-bond acceptors (Lipinski definition) is 4. The maximum absolute atomic E-state index is 9.21. The van der Waals surface area contributed by atoms with E-state index in [9.17, 15) is 5.11 Å². The molecule has 16 heavy (non-hydrogen) atoms. The predicted octanol–water partition coefficient (Wildman–Crippen LogP) is 1.41. The molecule has 1 N–H and O–H groups in total. The van der Waals surface area contributed by atoms with Crippen molar-refractivity contribution in [2.75, 3.05) is 0 Å². The monoisotopic (exact) mass is 218 g/mol. The first kappa shape index (κ1) is 10.8. The summed E-state index contributed by atoms with van der Waals surface area (Å²) in [6, 6.07) is 2.13. The van der Waals surface area contributed by atoms with Gasteiger partial charge in [-0.3, -0.25) is 14.6 Å². The minimum atomic E-state index is -0.119. The van der Waals surface area contributed by atoms with Gasteiger partial charge in [-0.25, -0.2) is 0 Å². The largest absolute Gasteiger partial charge is 0.390 e. The molecule has 0 fully saturated rings. The maximum Gasteiger partial charge on any atom is 0.112 e. The van der Waals surface area contributed by atoms with Gasteiger partial charge in [-0.15, -0.1) is 0 Å². The topological polar surface area (TPSA) is 63.8 Å². The fraction of sp³-hybridized carbons (Fsp3) is 0.364. The molecule has 0 atom stereocenters. The van der Waals surface area contributed by atoms with E-state index in [0.717, 1.165) is 5.69 Å². The summed E-state index contributed by atoms with van der Waals surface area (Å²) >= 11 is 0. The van der Waals surface area contributed by atoms with Gasteiger partial charge in [0, 0.05) is 24.6 Å². The Labute approximate surface area is 93.8 Å². The fourth-order valence-electron chi connectivity index (χ4n) is 1.61. The highest BCUT2D eigenvalue weighted by Gasteiger charge is 2.13. The lowest BCUT2D eigenvalue weighted by Gasteiger charge is -2.11. The summed E-state index contributed by atoms with van der Waals surface area (Å²) in [7, 11) is 0. The Bertz CT molecular complexity index is 478. The molecule has 5 heteroatoms. The van der Waals surface area contributed by atoms with Crippen molar-refractivity contribution in [3.8, 4) is 11.4 Å². The van der Waals surface area contributed by atoms with Gasteiger partial charge in [-0.1, -0.05) is 0 Å². The van der Waals surface area contributed by atoms with E-state index in [1.54, 1.807) is 18.6 Å². The first-order valence-electron chi connectivity index (χ1n) is 5.18. The zero-order valence-corrected chi connectivity index (χ0v) is 9.33. The molecule has 0 spiro atoms. The number of aliphatic hydroxyl groups is 1. The van der Waals surface area contributed by atoms with Crippen LogP contribution >= 0.6 is 0 Å². The Morgan fingerprint density at radius 1 is 1.25 bits per heavy atom. The van der Waals surface area contributed by atoms with Crippen molar-refractivity contribution in [3.05, 3.63) is 30.4 Å². The third-order valence-corrected chi connectivity index (χ3v) is 2.33. The number of hydrogen-bond donors (Lipinski definition) is 1. The number of nitrogens with zero attached hydrogens (tertiary/aromatic N) is 4. The lowest BCUT2D eigenvalue weighted by atomic mass is 10.2. The molecule has 5 nitrogen and oxygen atoms in total. The predicted molar refractivity (Wildman–Crippen MR) is 59.6 cm³/mol. The second-order valence-electron chi connectivity index (χ2n) is 3.76. The SMILES string of the molecule is CC(C)n1nccc1-c1nccnc1CO. The molecule has 0 aromatic carbocycles. The summed E-state index contributed by atoms with van der Waals surface area (Å²) in [6.07, 6.45) is 4.92. The molecule has 2 rings (SSSR count). The van der Waals surface area contributed by atoms with Gasteiger partial charge in [0.1, 0.15) is 5.69 Å². The summed E-state index contributed by atoms with van der Waals surface area (Å²) in [5, 5.41) is 13.4. The minimum absolute atomic E-state index is 0.119. The molecule has 0 unspecified atom stereocenters.